The minimum atomic E-state index is -0.336. The Bertz CT molecular complexity index is 899. The molecule has 3 aromatic rings. The van der Waals surface area contributed by atoms with Crippen molar-refractivity contribution in [2.45, 2.75) is 44.3 Å². The van der Waals surface area contributed by atoms with Gasteiger partial charge in [0.2, 0.25) is 0 Å². The Morgan fingerprint density at radius 1 is 1.11 bits per heavy atom. The lowest BCUT2D eigenvalue weighted by Crippen LogP contribution is -2.07. The van der Waals surface area contributed by atoms with Crippen LogP contribution in [0.4, 0.5) is 4.39 Å². The summed E-state index contributed by atoms with van der Waals surface area (Å²) < 4.78 is 21.0. The fourth-order valence-corrected chi connectivity index (χ4v) is 3.94. The van der Waals surface area contributed by atoms with E-state index < -0.39 is 0 Å². The van der Waals surface area contributed by atoms with Crippen molar-refractivity contribution in [1.29, 1.82) is 0 Å². The number of hydrogen-bond acceptors (Lipinski definition) is 4. The van der Waals surface area contributed by atoms with Crippen molar-refractivity contribution < 1.29 is 9.13 Å². The zero-order valence-electron chi connectivity index (χ0n) is 15.3. The summed E-state index contributed by atoms with van der Waals surface area (Å²) in [5.74, 6) is 1.84. The summed E-state index contributed by atoms with van der Waals surface area (Å²) in [6.45, 7) is 5.25. The topological polar surface area (TPSA) is 39.9 Å². The predicted molar refractivity (Wildman–Crippen MR) is 107 cm³/mol. The Kier molecular flexibility index (Phi) is 6.74. The number of thioether (sulfide) groups is 1. The van der Waals surface area contributed by atoms with Gasteiger partial charge in [0.1, 0.15) is 18.2 Å². The predicted octanol–water partition coefficient (Wildman–Crippen LogP) is 5.52. The van der Waals surface area contributed by atoms with E-state index >= 15 is 0 Å². The summed E-state index contributed by atoms with van der Waals surface area (Å²) in [7, 11) is 0. The smallest absolute Gasteiger partial charge is 0.191 e. The van der Waals surface area contributed by atoms with E-state index in [1.165, 1.54) is 29.5 Å². The fraction of sp³-hybridized carbons (Fsp3) is 0.300. The van der Waals surface area contributed by atoms with E-state index in [1.54, 1.807) is 6.07 Å². The lowest BCUT2D eigenvalue weighted by atomic mass is 10.2. The van der Waals surface area contributed by atoms with Crippen LogP contribution in [-0.4, -0.2) is 14.8 Å². The molecule has 1 heterocycles. The molecule has 0 fully saturated rings. The minimum Gasteiger partial charge on any atom is -0.486 e. The number of aryl methyl sites for hydroxylation is 1. The van der Waals surface area contributed by atoms with E-state index in [9.17, 15) is 4.39 Å². The highest BCUT2D eigenvalue weighted by Gasteiger charge is 2.13. The third-order valence-corrected chi connectivity index (χ3v) is 5.55. The molecule has 0 spiro atoms. The fourth-order valence-electron chi connectivity index (χ4n) is 2.60. The number of hydrogen-bond donors (Lipinski definition) is 0. The van der Waals surface area contributed by atoms with E-state index in [2.05, 4.69) is 29.3 Å². The molecule has 0 radical (unpaired) electrons. The van der Waals surface area contributed by atoms with Gasteiger partial charge in [-0.3, -0.25) is 0 Å². The third kappa shape index (κ3) is 5.02. The Hall–Kier alpha value is -2.05. The number of ether oxygens (including phenoxy) is 1. The van der Waals surface area contributed by atoms with Crippen LogP contribution in [0.1, 0.15) is 30.8 Å². The molecular formula is C20H21ClFN3OS. The molecule has 0 saturated carbocycles. The lowest BCUT2D eigenvalue weighted by molar-refractivity contribution is 0.288. The largest absolute Gasteiger partial charge is 0.486 e. The number of nitrogens with zero attached hydrogens (tertiary/aromatic N) is 3. The first-order valence-electron chi connectivity index (χ1n) is 8.81. The first kappa shape index (κ1) is 19.7. The summed E-state index contributed by atoms with van der Waals surface area (Å²) in [6, 6.07) is 12.5. The van der Waals surface area contributed by atoms with Crippen molar-refractivity contribution in [1.82, 2.24) is 14.8 Å². The van der Waals surface area contributed by atoms with E-state index in [-0.39, 0.29) is 5.82 Å². The van der Waals surface area contributed by atoms with Crippen LogP contribution < -0.4 is 4.74 Å². The van der Waals surface area contributed by atoms with Crippen LogP contribution in [0.25, 0.3) is 0 Å². The van der Waals surface area contributed by atoms with Gasteiger partial charge in [-0.2, -0.15) is 0 Å². The molecule has 0 unspecified atom stereocenters. The van der Waals surface area contributed by atoms with Gasteiger partial charge in [-0.1, -0.05) is 48.5 Å². The van der Waals surface area contributed by atoms with Crippen LogP contribution in [0, 0.1) is 5.82 Å². The van der Waals surface area contributed by atoms with Crippen molar-refractivity contribution in [3.05, 3.63) is 70.3 Å². The summed E-state index contributed by atoms with van der Waals surface area (Å²) >= 11 is 7.62. The van der Waals surface area contributed by atoms with E-state index in [0.29, 0.717) is 17.4 Å². The number of rotatable bonds is 8. The quantitative estimate of drug-likeness (QED) is 0.462. The summed E-state index contributed by atoms with van der Waals surface area (Å²) in [5.41, 5.74) is 2.14. The van der Waals surface area contributed by atoms with Crippen LogP contribution in [0.2, 0.25) is 5.02 Å². The third-order valence-electron chi connectivity index (χ3n) is 4.18. The lowest BCUT2D eigenvalue weighted by Gasteiger charge is -2.09. The normalized spacial score (nSPS) is 11.0. The first-order chi connectivity index (χ1) is 13.1. The summed E-state index contributed by atoms with van der Waals surface area (Å²) in [5, 5.41) is 9.74. The maximum absolute atomic E-state index is 13.2. The molecule has 2 aromatic carbocycles. The SMILES string of the molecule is CCc1ccc(OCc2nnc(SCc3ccc(F)cc3Cl)n2CC)cc1. The molecule has 1 aromatic heterocycles. The standard InChI is InChI=1S/C20H21ClFN3OS/c1-3-14-5-9-17(10-6-14)26-12-19-23-24-20(25(19)4-2)27-13-15-7-8-16(22)11-18(15)21/h5-11H,3-4,12-13H2,1-2H3. The van der Waals surface area contributed by atoms with E-state index in [4.69, 9.17) is 16.3 Å². The molecular weight excluding hydrogens is 385 g/mol. The van der Waals surface area contributed by atoms with Gasteiger partial charge in [0.15, 0.2) is 11.0 Å². The second kappa shape index (κ2) is 9.24. The molecule has 0 aliphatic heterocycles. The Morgan fingerprint density at radius 3 is 2.56 bits per heavy atom. The highest BCUT2D eigenvalue weighted by Crippen LogP contribution is 2.27. The zero-order valence-corrected chi connectivity index (χ0v) is 16.9. The number of aromatic nitrogens is 3. The van der Waals surface area contributed by atoms with Gasteiger partial charge in [0.25, 0.3) is 0 Å². The number of benzene rings is 2. The van der Waals surface area contributed by atoms with Crippen molar-refractivity contribution in [3.63, 3.8) is 0 Å². The second-order valence-electron chi connectivity index (χ2n) is 5.95. The van der Waals surface area contributed by atoms with Gasteiger partial charge in [-0.15, -0.1) is 10.2 Å². The molecule has 0 aliphatic carbocycles. The molecule has 142 valence electrons. The average Bonchev–Trinajstić information content (AvgIpc) is 3.08. The molecule has 0 bridgehead atoms. The molecule has 4 nitrogen and oxygen atoms in total. The van der Waals surface area contributed by atoms with Crippen LogP contribution in [0.3, 0.4) is 0 Å². The maximum atomic E-state index is 13.2. The molecule has 0 amide bonds. The highest BCUT2D eigenvalue weighted by molar-refractivity contribution is 7.98. The summed E-state index contributed by atoms with van der Waals surface area (Å²) in [6.07, 6.45) is 1.00. The Labute approximate surface area is 167 Å². The van der Waals surface area contributed by atoms with Crippen LogP contribution in [0.15, 0.2) is 47.6 Å². The Balaban J connectivity index is 1.64. The zero-order chi connectivity index (χ0) is 19.2. The van der Waals surface area contributed by atoms with Crippen molar-refractivity contribution in [2.24, 2.45) is 0 Å². The maximum Gasteiger partial charge on any atom is 0.191 e. The van der Waals surface area contributed by atoms with Crippen molar-refractivity contribution >= 4 is 23.4 Å². The molecule has 0 atom stereocenters. The van der Waals surface area contributed by atoms with Crippen LogP contribution in [-0.2, 0) is 25.3 Å². The van der Waals surface area contributed by atoms with Gasteiger partial charge >= 0.3 is 0 Å². The van der Waals surface area contributed by atoms with Crippen molar-refractivity contribution in [3.8, 4) is 5.75 Å². The molecule has 0 aliphatic rings. The highest BCUT2D eigenvalue weighted by atomic mass is 35.5. The van der Waals surface area contributed by atoms with Gasteiger partial charge in [0.05, 0.1) is 0 Å². The van der Waals surface area contributed by atoms with Gasteiger partial charge in [0, 0.05) is 17.3 Å². The second-order valence-corrected chi connectivity index (χ2v) is 7.30. The molecule has 0 saturated heterocycles. The van der Waals surface area contributed by atoms with Crippen molar-refractivity contribution in [2.75, 3.05) is 0 Å². The number of halogens is 2. The summed E-state index contributed by atoms with van der Waals surface area (Å²) in [4.78, 5) is 0. The van der Waals surface area contributed by atoms with Crippen LogP contribution >= 0.6 is 23.4 Å². The first-order valence-corrected chi connectivity index (χ1v) is 10.2. The van der Waals surface area contributed by atoms with Gasteiger partial charge < -0.3 is 9.30 Å². The minimum absolute atomic E-state index is 0.336. The van der Waals surface area contributed by atoms with Gasteiger partial charge in [-0.05, 0) is 48.7 Å². The average molecular weight is 406 g/mol. The van der Waals surface area contributed by atoms with E-state index in [0.717, 1.165) is 35.3 Å². The monoisotopic (exact) mass is 405 g/mol. The molecule has 7 heteroatoms. The van der Waals surface area contributed by atoms with E-state index in [1.807, 2.05) is 23.6 Å². The van der Waals surface area contributed by atoms with Crippen LogP contribution in [0.5, 0.6) is 5.75 Å². The van der Waals surface area contributed by atoms with Gasteiger partial charge in [-0.25, -0.2) is 4.39 Å². The molecule has 27 heavy (non-hydrogen) atoms. The molecule has 3 rings (SSSR count). The Morgan fingerprint density at radius 2 is 1.89 bits per heavy atom. The molecule has 0 N–H and O–H groups in total.